The Balaban J connectivity index is 1.53. The van der Waals surface area contributed by atoms with Crippen LogP contribution >= 0.6 is 0 Å². The average Bonchev–Trinajstić information content (AvgIpc) is 2.76. The molecule has 0 saturated carbocycles. The molecule has 3 aromatic rings. The van der Waals surface area contributed by atoms with Crippen molar-refractivity contribution in [2.24, 2.45) is 0 Å². The molecule has 1 aliphatic heterocycles. The van der Waals surface area contributed by atoms with Gasteiger partial charge in [0.1, 0.15) is 0 Å². The van der Waals surface area contributed by atoms with Gasteiger partial charge in [0.25, 0.3) is 0 Å². The fraction of sp³-hybridized carbons (Fsp3) is 0.269. The molecule has 1 aliphatic rings. The molecular formula is C26H28N2O. The minimum absolute atomic E-state index is 0.0125. The smallest absolute Gasteiger partial charge is 0.236 e. The summed E-state index contributed by atoms with van der Waals surface area (Å²) in [6.07, 6.45) is 3.80. The van der Waals surface area contributed by atoms with Crippen molar-refractivity contribution in [2.75, 3.05) is 16.8 Å². The third-order valence-corrected chi connectivity index (χ3v) is 5.80. The Morgan fingerprint density at radius 1 is 0.862 bits per heavy atom. The van der Waals surface area contributed by atoms with E-state index in [9.17, 15) is 4.79 Å². The van der Waals surface area contributed by atoms with Crippen molar-refractivity contribution < 1.29 is 4.79 Å². The molecule has 0 radical (unpaired) electrons. The number of rotatable bonds is 5. The monoisotopic (exact) mass is 384 g/mol. The number of carbonyl (C=O) groups is 1. The third-order valence-electron chi connectivity index (χ3n) is 5.80. The van der Waals surface area contributed by atoms with Gasteiger partial charge in [-0.3, -0.25) is 4.79 Å². The van der Waals surface area contributed by atoms with Crippen molar-refractivity contribution in [3.8, 4) is 0 Å². The predicted octanol–water partition coefficient (Wildman–Crippen LogP) is 5.84. The first-order valence-corrected chi connectivity index (χ1v) is 10.5. The van der Waals surface area contributed by atoms with Crippen LogP contribution < -0.4 is 10.2 Å². The first kappa shape index (κ1) is 19.3. The summed E-state index contributed by atoms with van der Waals surface area (Å²) in [5, 5.41) is 3.12. The number of benzene rings is 3. The van der Waals surface area contributed by atoms with Crippen LogP contribution in [-0.2, 0) is 4.79 Å². The van der Waals surface area contributed by atoms with Crippen molar-refractivity contribution in [2.45, 2.75) is 38.1 Å². The maximum atomic E-state index is 13.2. The van der Waals surface area contributed by atoms with Crippen LogP contribution in [0, 0.1) is 0 Å². The molecule has 1 atom stereocenters. The van der Waals surface area contributed by atoms with Crippen LogP contribution in [0.2, 0.25) is 0 Å². The Bertz CT molecular complexity index is 882. The molecule has 1 heterocycles. The van der Waals surface area contributed by atoms with E-state index in [2.05, 4.69) is 29.3 Å². The van der Waals surface area contributed by atoms with Crippen molar-refractivity contribution in [1.29, 1.82) is 0 Å². The van der Waals surface area contributed by atoms with Crippen LogP contribution in [0.15, 0.2) is 84.9 Å². The quantitative estimate of drug-likeness (QED) is 0.600. The fourth-order valence-electron chi connectivity index (χ4n) is 4.22. The van der Waals surface area contributed by atoms with E-state index in [1.54, 1.807) is 0 Å². The number of anilines is 2. The molecule has 148 valence electrons. The van der Waals surface area contributed by atoms with Gasteiger partial charge in [-0.15, -0.1) is 0 Å². The summed E-state index contributed by atoms with van der Waals surface area (Å²) < 4.78 is 0. The highest BCUT2D eigenvalue weighted by molar-refractivity contribution is 5.98. The van der Waals surface area contributed by atoms with Gasteiger partial charge in [-0.2, -0.15) is 0 Å². The molecule has 3 heteroatoms. The SMILES string of the molecule is C[C@@H]1CCCCN1c1ccc(NC(=O)C(c2ccccc2)c2ccccc2)cc1. The Morgan fingerprint density at radius 3 is 2.00 bits per heavy atom. The molecule has 3 nitrogen and oxygen atoms in total. The van der Waals surface area contributed by atoms with E-state index >= 15 is 0 Å². The molecular weight excluding hydrogens is 356 g/mol. The van der Waals surface area contributed by atoms with Crippen LogP contribution in [0.5, 0.6) is 0 Å². The third kappa shape index (κ3) is 4.51. The lowest BCUT2D eigenvalue weighted by Gasteiger charge is -2.35. The highest BCUT2D eigenvalue weighted by Crippen LogP contribution is 2.28. The maximum absolute atomic E-state index is 13.2. The molecule has 1 N–H and O–H groups in total. The summed E-state index contributed by atoms with van der Waals surface area (Å²) in [5.41, 5.74) is 4.06. The zero-order chi connectivity index (χ0) is 20.1. The first-order chi connectivity index (χ1) is 14.2. The molecule has 0 bridgehead atoms. The number of hydrogen-bond donors (Lipinski definition) is 1. The molecule has 29 heavy (non-hydrogen) atoms. The fourth-order valence-corrected chi connectivity index (χ4v) is 4.22. The minimum atomic E-state index is -0.334. The van der Waals surface area contributed by atoms with Crippen LogP contribution in [0.25, 0.3) is 0 Å². The standard InChI is InChI=1S/C26H28N2O/c1-20-10-8-9-19-28(20)24-17-15-23(16-18-24)27-26(29)25(21-11-4-2-5-12-21)22-13-6-3-7-14-22/h2-7,11-18,20,25H,8-10,19H2,1H3,(H,27,29)/t20-/m1/s1. The Kier molecular flexibility index (Phi) is 5.95. The first-order valence-electron chi connectivity index (χ1n) is 10.5. The zero-order valence-electron chi connectivity index (χ0n) is 16.9. The Morgan fingerprint density at radius 2 is 1.45 bits per heavy atom. The van der Waals surface area contributed by atoms with Crippen LogP contribution in [-0.4, -0.2) is 18.5 Å². The number of nitrogens with one attached hydrogen (secondary N) is 1. The van der Waals surface area contributed by atoms with Crippen LogP contribution in [0.4, 0.5) is 11.4 Å². The van der Waals surface area contributed by atoms with E-state index in [0.29, 0.717) is 6.04 Å². The molecule has 0 aromatic heterocycles. The summed E-state index contributed by atoms with van der Waals surface area (Å²) >= 11 is 0. The molecule has 4 rings (SSSR count). The van der Waals surface area contributed by atoms with Gasteiger partial charge in [0.05, 0.1) is 5.92 Å². The molecule has 1 fully saturated rings. The van der Waals surface area contributed by atoms with Gasteiger partial charge >= 0.3 is 0 Å². The van der Waals surface area contributed by atoms with Crippen LogP contribution in [0.1, 0.15) is 43.2 Å². The lowest BCUT2D eigenvalue weighted by molar-refractivity contribution is -0.116. The Hall–Kier alpha value is -3.07. The molecule has 1 amide bonds. The Labute approximate surface area is 173 Å². The van der Waals surface area contributed by atoms with Gasteiger partial charge in [-0.25, -0.2) is 0 Å². The topological polar surface area (TPSA) is 32.3 Å². The molecule has 3 aromatic carbocycles. The van der Waals surface area contributed by atoms with E-state index < -0.39 is 0 Å². The zero-order valence-corrected chi connectivity index (χ0v) is 16.9. The second-order valence-corrected chi connectivity index (χ2v) is 7.83. The van der Waals surface area contributed by atoms with Gasteiger partial charge in [0, 0.05) is 24.0 Å². The van der Waals surface area contributed by atoms with Gasteiger partial charge in [0.15, 0.2) is 0 Å². The van der Waals surface area contributed by atoms with E-state index in [0.717, 1.165) is 23.4 Å². The number of hydrogen-bond acceptors (Lipinski definition) is 2. The largest absolute Gasteiger partial charge is 0.369 e. The summed E-state index contributed by atoms with van der Waals surface area (Å²) in [7, 11) is 0. The minimum Gasteiger partial charge on any atom is -0.369 e. The van der Waals surface area contributed by atoms with E-state index in [1.807, 2.05) is 72.8 Å². The average molecular weight is 385 g/mol. The summed E-state index contributed by atoms with van der Waals surface area (Å²) in [4.78, 5) is 15.7. The van der Waals surface area contributed by atoms with E-state index in [-0.39, 0.29) is 11.8 Å². The summed E-state index contributed by atoms with van der Waals surface area (Å²) in [5.74, 6) is -0.347. The second kappa shape index (κ2) is 8.95. The molecule has 0 unspecified atom stereocenters. The number of nitrogens with zero attached hydrogens (tertiary/aromatic N) is 1. The predicted molar refractivity (Wildman–Crippen MR) is 120 cm³/mol. The number of piperidine rings is 1. The lowest BCUT2D eigenvalue weighted by Crippen LogP contribution is -2.37. The highest BCUT2D eigenvalue weighted by atomic mass is 16.1. The van der Waals surface area contributed by atoms with Crippen molar-refractivity contribution in [3.05, 3.63) is 96.1 Å². The van der Waals surface area contributed by atoms with Gasteiger partial charge in [0.2, 0.25) is 5.91 Å². The number of amides is 1. The highest BCUT2D eigenvalue weighted by Gasteiger charge is 2.23. The van der Waals surface area contributed by atoms with Crippen molar-refractivity contribution >= 4 is 17.3 Å². The molecule has 0 aliphatic carbocycles. The van der Waals surface area contributed by atoms with Gasteiger partial charge < -0.3 is 10.2 Å². The van der Waals surface area contributed by atoms with Crippen molar-refractivity contribution in [1.82, 2.24) is 0 Å². The van der Waals surface area contributed by atoms with E-state index in [1.165, 1.54) is 24.9 Å². The summed E-state index contributed by atoms with van der Waals surface area (Å²) in [6, 6.07) is 28.8. The normalized spacial score (nSPS) is 16.6. The van der Waals surface area contributed by atoms with Gasteiger partial charge in [-0.1, -0.05) is 60.7 Å². The summed E-state index contributed by atoms with van der Waals surface area (Å²) in [6.45, 7) is 3.40. The van der Waals surface area contributed by atoms with Crippen molar-refractivity contribution in [3.63, 3.8) is 0 Å². The van der Waals surface area contributed by atoms with E-state index in [4.69, 9.17) is 0 Å². The number of carbonyl (C=O) groups excluding carboxylic acids is 1. The lowest BCUT2D eigenvalue weighted by atomic mass is 9.90. The molecule has 1 saturated heterocycles. The van der Waals surface area contributed by atoms with Gasteiger partial charge in [-0.05, 0) is 61.6 Å². The van der Waals surface area contributed by atoms with Crippen LogP contribution in [0.3, 0.4) is 0 Å². The maximum Gasteiger partial charge on any atom is 0.236 e. The molecule has 0 spiro atoms. The second-order valence-electron chi connectivity index (χ2n) is 7.83.